The lowest BCUT2D eigenvalue weighted by Crippen LogP contribution is -2.12. The Hall–Kier alpha value is -2.89. The predicted octanol–water partition coefficient (Wildman–Crippen LogP) is 7.69. The summed E-state index contributed by atoms with van der Waals surface area (Å²) in [6, 6.07) is 16.8. The lowest BCUT2D eigenvalue weighted by Gasteiger charge is -2.09. The van der Waals surface area contributed by atoms with Gasteiger partial charge in [0.2, 0.25) is 0 Å². The fraction of sp³-hybridized carbons (Fsp3) is 0.423. The highest BCUT2D eigenvalue weighted by atomic mass is 19.3. The molecule has 0 heterocycles. The Labute approximate surface area is 189 Å². The monoisotopic (exact) mass is 446 g/mol. The predicted molar refractivity (Wildman–Crippen MR) is 121 cm³/mol. The Balaban J connectivity index is 1.44. The number of unbranched alkanes of at least 4 members (excludes halogenated alkanes) is 7. The number of hydrogen-bond donors (Lipinski definition) is 0. The minimum atomic E-state index is -1.59. The molecule has 32 heavy (non-hydrogen) atoms. The standard InChI is InChI=1S/C26H32F2O4/c27-25(28)14-10-5-3-1-2-4-6-11-15-26(29)31-21-20-30-22-16-18-24(19-17-22)32-23-12-8-7-9-13-23/h7-9,12-14,16-19H,1-6,10-11,15,20-21H2. The minimum absolute atomic E-state index is 0.208. The lowest BCUT2D eigenvalue weighted by atomic mass is 10.1. The average molecular weight is 447 g/mol. The van der Waals surface area contributed by atoms with Crippen LogP contribution in [0.2, 0.25) is 0 Å². The quantitative estimate of drug-likeness (QED) is 0.196. The molecule has 0 radical (unpaired) electrons. The molecule has 0 amide bonds. The Morgan fingerprint density at radius 1 is 0.719 bits per heavy atom. The zero-order valence-corrected chi connectivity index (χ0v) is 18.4. The molecule has 0 aromatic heterocycles. The fourth-order valence-electron chi connectivity index (χ4n) is 3.12. The van der Waals surface area contributed by atoms with E-state index in [4.69, 9.17) is 14.2 Å². The van der Waals surface area contributed by atoms with E-state index in [9.17, 15) is 13.6 Å². The van der Waals surface area contributed by atoms with Crippen LogP contribution in [0.5, 0.6) is 17.2 Å². The van der Waals surface area contributed by atoms with E-state index in [1.54, 1.807) is 0 Å². The first kappa shape index (κ1) is 25.4. The zero-order valence-electron chi connectivity index (χ0n) is 18.4. The second-order valence-electron chi connectivity index (χ2n) is 7.46. The summed E-state index contributed by atoms with van der Waals surface area (Å²) in [5.74, 6) is 1.97. The van der Waals surface area contributed by atoms with Crippen molar-refractivity contribution in [2.75, 3.05) is 13.2 Å². The van der Waals surface area contributed by atoms with E-state index in [2.05, 4.69) is 0 Å². The number of benzene rings is 2. The normalized spacial score (nSPS) is 10.4. The molecule has 0 aliphatic rings. The molecule has 4 nitrogen and oxygen atoms in total. The number of halogens is 2. The topological polar surface area (TPSA) is 44.8 Å². The van der Waals surface area contributed by atoms with E-state index in [-0.39, 0.29) is 12.6 Å². The van der Waals surface area contributed by atoms with Gasteiger partial charge in [-0.3, -0.25) is 4.79 Å². The molecular formula is C26H32F2O4. The number of carbonyl (C=O) groups is 1. The largest absolute Gasteiger partial charge is 0.490 e. The van der Waals surface area contributed by atoms with Crippen LogP contribution < -0.4 is 9.47 Å². The van der Waals surface area contributed by atoms with Gasteiger partial charge >= 0.3 is 5.97 Å². The smallest absolute Gasteiger partial charge is 0.305 e. The van der Waals surface area contributed by atoms with Crippen molar-refractivity contribution in [3.05, 3.63) is 66.8 Å². The summed E-state index contributed by atoms with van der Waals surface area (Å²) in [6.07, 6.45) is 6.96. The van der Waals surface area contributed by atoms with Crippen molar-refractivity contribution in [2.45, 2.75) is 57.8 Å². The summed E-state index contributed by atoms with van der Waals surface area (Å²) >= 11 is 0. The summed E-state index contributed by atoms with van der Waals surface area (Å²) in [5.41, 5.74) is 0. The summed E-state index contributed by atoms with van der Waals surface area (Å²) in [4.78, 5) is 11.8. The number of hydrogen-bond acceptors (Lipinski definition) is 4. The summed E-state index contributed by atoms with van der Waals surface area (Å²) < 4.78 is 40.3. The van der Waals surface area contributed by atoms with Crippen LogP contribution in [0.1, 0.15) is 57.8 Å². The molecule has 174 valence electrons. The molecule has 0 aliphatic heterocycles. The summed E-state index contributed by atoms with van der Waals surface area (Å²) in [6.45, 7) is 0.515. The van der Waals surface area contributed by atoms with Gasteiger partial charge < -0.3 is 14.2 Å². The molecule has 0 saturated carbocycles. The van der Waals surface area contributed by atoms with Crippen LogP contribution >= 0.6 is 0 Å². The van der Waals surface area contributed by atoms with Gasteiger partial charge in [-0.1, -0.05) is 50.3 Å². The van der Waals surface area contributed by atoms with Gasteiger partial charge in [-0.05, 0) is 61.7 Å². The fourth-order valence-corrected chi connectivity index (χ4v) is 3.12. The van der Waals surface area contributed by atoms with Gasteiger partial charge in [0.1, 0.15) is 30.5 Å². The van der Waals surface area contributed by atoms with E-state index in [0.717, 1.165) is 62.5 Å². The van der Waals surface area contributed by atoms with Crippen LogP contribution in [-0.2, 0) is 9.53 Å². The molecule has 2 aromatic carbocycles. The maximum absolute atomic E-state index is 11.9. The van der Waals surface area contributed by atoms with Gasteiger partial charge in [0.05, 0.1) is 0 Å². The van der Waals surface area contributed by atoms with Gasteiger partial charge in [0.15, 0.2) is 0 Å². The van der Waals surface area contributed by atoms with E-state index in [1.807, 2.05) is 54.6 Å². The third-order valence-corrected chi connectivity index (χ3v) is 4.80. The van der Waals surface area contributed by atoms with Gasteiger partial charge in [-0.2, -0.15) is 8.78 Å². The minimum Gasteiger partial charge on any atom is -0.490 e. The number of para-hydroxylation sites is 1. The molecule has 2 rings (SSSR count). The Bertz CT molecular complexity index is 787. The number of carbonyl (C=O) groups excluding carboxylic acids is 1. The molecular weight excluding hydrogens is 414 g/mol. The number of ether oxygens (including phenoxy) is 3. The SMILES string of the molecule is O=C(CCCCCCCCCC=C(F)F)OCCOc1ccc(Oc2ccccc2)cc1. The van der Waals surface area contributed by atoms with Gasteiger partial charge in [-0.15, -0.1) is 0 Å². The molecule has 6 heteroatoms. The third kappa shape index (κ3) is 12.1. The number of allylic oxidation sites excluding steroid dienone is 1. The third-order valence-electron chi connectivity index (χ3n) is 4.80. The second kappa shape index (κ2) is 15.8. The number of esters is 1. The first-order chi connectivity index (χ1) is 15.6. The lowest BCUT2D eigenvalue weighted by molar-refractivity contribution is -0.144. The van der Waals surface area contributed by atoms with Crippen molar-refractivity contribution in [3.8, 4) is 17.2 Å². The van der Waals surface area contributed by atoms with E-state index in [1.165, 1.54) is 0 Å². The average Bonchev–Trinajstić information content (AvgIpc) is 2.79. The van der Waals surface area contributed by atoms with Gasteiger partial charge in [0, 0.05) is 6.42 Å². The maximum atomic E-state index is 11.9. The highest BCUT2D eigenvalue weighted by Crippen LogP contribution is 2.23. The maximum Gasteiger partial charge on any atom is 0.305 e. The molecule has 0 saturated heterocycles. The molecule has 0 bridgehead atoms. The molecule has 0 atom stereocenters. The van der Waals surface area contributed by atoms with Gasteiger partial charge in [-0.25, -0.2) is 0 Å². The number of rotatable bonds is 16. The molecule has 2 aromatic rings. The first-order valence-electron chi connectivity index (χ1n) is 11.3. The van der Waals surface area contributed by atoms with Crippen molar-refractivity contribution < 1.29 is 27.8 Å². The van der Waals surface area contributed by atoms with E-state index >= 15 is 0 Å². The molecule has 0 N–H and O–H groups in total. The highest BCUT2D eigenvalue weighted by molar-refractivity contribution is 5.69. The summed E-state index contributed by atoms with van der Waals surface area (Å²) in [5, 5.41) is 0. The zero-order chi connectivity index (χ0) is 22.9. The van der Waals surface area contributed by atoms with Crippen LogP contribution in [0.3, 0.4) is 0 Å². The molecule has 0 spiro atoms. The molecule has 0 unspecified atom stereocenters. The first-order valence-corrected chi connectivity index (χ1v) is 11.3. The van der Waals surface area contributed by atoms with Crippen LogP contribution in [0.25, 0.3) is 0 Å². The van der Waals surface area contributed by atoms with Crippen molar-refractivity contribution in [1.29, 1.82) is 0 Å². The van der Waals surface area contributed by atoms with Crippen molar-refractivity contribution in [2.24, 2.45) is 0 Å². The highest BCUT2D eigenvalue weighted by Gasteiger charge is 2.03. The van der Waals surface area contributed by atoms with Crippen LogP contribution in [0.15, 0.2) is 66.8 Å². The second-order valence-corrected chi connectivity index (χ2v) is 7.46. The van der Waals surface area contributed by atoms with Crippen molar-refractivity contribution >= 4 is 5.97 Å². The molecule has 0 aliphatic carbocycles. The van der Waals surface area contributed by atoms with Crippen LogP contribution in [0.4, 0.5) is 8.78 Å². The van der Waals surface area contributed by atoms with E-state index in [0.29, 0.717) is 25.2 Å². The Morgan fingerprint density at radius 3 is 2.00 bits per heavy atom. The Morgan fingerprint density at radius 2 is 1.31 bits per heavy atom. The van der Waals surface area contributed by atoms with E-state index < -0.39 is 6.08 Å². The summed E-state index contributed by atoms with van der Waals surface area (Å²) in [7, 11) is 0. The molecule has 0 fully saturated rings. The van der Waals surface area contributed by atoms with Crippen molar-refractivity contribution in [3.63, 3.8) is 0 Å². The van der Waals surface area contributed by atoms with Gasteiger partial charge in [0.25, 0.3) is 6.08 Å². The van der Waals surface area contributed by atoms with Crippen LogP contribution in [0, 0.1) is 0 Å². The van der Waals surface area contributed by atoms with Crippen molar-refractivity contribution in [1.82, 2.24) is 0 Å². The Kier molecular flexibility index (Phi) is 12.6. The van der Waals surface area contributed by atoms with Crippen LogP contribution in [-0.4, -0.2) is 19.2 Å².